The van der Waals surface area contributed by atoms with Crippen LogP contribution < -0.4 is 5.32 Å². The second-order valence-electron chi connectivity index (χ2n) is 6.90. The first-order valence-corrected chi connectivity index (χ1v) is 8.14. The van der Waals surface area contributed by atoms with Gasteiger partial charge >= 0.3 is 0 Å². The third-order valence-corrected chi connectivity index (χ3v) is 4.87. The maximum absolute atomic E-state index is 10.3. The van der Waals surface area contributed by atoms with Gasteiger partial charge in [0.15, 0.2) is 0 Å². The minimum Gasteiger partial charge on any atom is -0.389 e. The summed E-state index contributed by atoms with van der Waals surface area (Å²) in [6.45, 7) is 3.98. The standard InChI is InChI=1S/C16H31NO3/c1-15(18,9-11-19-2)13-17-14-6-10-20-16(12-14)7-4-3-5-8-16/h14,17-18H,3-13H2,1-2H3. The van der Waals surface area contributed by atoms with E-state index in [1.165, 1.54) is 32.1 Å². The molecule has 2 N–H and O–H groups in total. The molecule has 118 valence electrons. The van der Waals surface area contributed by atoms with E-state index >= 15 is 0 Å². The van der Waals surface area contributed by atoms with Crippen molar-refractivity contribution in [1.29, 1.82) is 0 Å². The summed E-state index contributed by atoms with van der Waals surface area (Å²) in [5.74, 6) is 0. The molecule has 1 spiro atoms. The molecule has 0 aromatic heterocycles. The molecule has 20 heavy (non-hydrogen) atoms. The first-order chi connectivity index (χ1) is 9.55. The Morgan fingerprint density at radius 2 is 2.10 bits per heavy atom. The number of hydrogen-bond acceptors (Lipinski definition) is 4. The Bertz CT molecular complexity index is 282. The first-order valence-electron chi connectivity index (χ1n) is 8.14. The summed E-state index contributed by atoms with van der Waals surface area (Å²) in [5.41, 5.74) is -0.555. The molecule has 2 fully saturated rings. The van der Waals surface area contributed by atoms with Crippen molar-refractivity contribution in [2.45, 2.75) is 75.5 Å². The zero-order chi connectivity index (χ0) is 14.5. The second-order valence-corrected chi connectivity index (χ2v) is 6.90. The van der Waals surface area contributed by atoms with Crippen molar-refractivity contribution in [3.05, 3.63) is 0 Å². The van der Waals surface area contributed by atoms with Crippen LogP contribution in [0.25, 0.3) is 0 Å². The van der Waals surface area contributed by atoms with Gasteiger partial charge < -0.3 is 19.9 Å². The lowest BCUT2D eigenvalue weighted by molar-refractivity contribution is -0.110. The van der Waals surface area contributed by atoms with E-state index in [9.17, 15) is 5.11 Å². The third kappa shape index (κ3) is 4.69. The number of hydrogen-bond donors (Lipinski definition) is 2. The molecule has 1 saturated heterocycles. The van der Waals surface area contributed by atoms with Crippen LogP contribution in [-0.2, 0) is 9.47 Å². The van der Waals surface area contributed by atoms with E-state index in [1.54, 1.807) is 7.11 Å². The summed E-state index contributed by atoms with van der Waals surface area (Å²) >= 11 is 0. The lowest BCUT2D eigenvalue weighted by Crippen LogP contribution is -2.51. The van der Waals surface area contributed by atoms with Crippen molar-refractivity contribution < 1.29 is 14.6 Å². The van der Waals surface area contributed by atoms with Gasteiger partial charge in [-0.1, -0.05) is 19.3 Å². The molecular formula is C16H31NO3. The van der Waals surface area contributed by atoms with Crippen LogP contribution in [0.2, 0.25) is 0 Å². The molecule has 2 aliphatic rings. The molecule has 1 saturated carbocycles. The summed E-state index contributed by atoms with van der Waals surface area (Å²) in [4.78, 5) is 0. The molecule has 2 atom stereocenters. The Hall–Kier alpha value is -0.160. The molecule has 0 bridgehead atoms. The van der Waals surface area contributed by atoms with E-state index in [-0.39, 0.29) is 5.60 Å². The van der Waals surface area contributed by atoms with E-state index in [0.29, 0.717) is 25.6 Å². The van der Waals surface area contributed by atoms with Gasteiger partial charge in [-0.15, -0.1) is 0 Å². The lowest BCUT2D eigenvalue weighted by atomic mass is 9.78. The first kappa shape index (κ1) is 16.2. The summed E-state index contributed by atoms with van der Waals surface area (Å²) in [7, 11) is 1.68. The largest absolute Gasteiger partial charge is 0.389 e. The number of rotatable bonds is 6. The number of nitrogens with one attached hydrogen (secondary N) is 1. The van der Waals surface area contributed by atoms with Crippen molar-refractivity contribution >= 4 is 0 Å². The second kappa shape index (κ2) is 7.21. The zero-order valence-electron chi connectivity index (χ0n) is 13.1. The van der Waals surface area contributed by atoms with Gasteiger partial charge in [-0.05, 0) is 32.6 Å². The third-order valence-electron chi connectivity index (χ3n) is 4.87. The maximum Gasteiger partial charge on any atom is 0.0765 e. The van der Waals surface area contributed by atoms with Gasteiger partial charge in [-0.3, -0.25) is 0 Å². The van der Waals surface area contributed by atoms with Crippen molar-refractivity contribution in [2.75, 3.05) is 26.9 Å². The predicted octanol–water partition coefficient (Wildman–Crippen LogP) is 2.25. The summed E-state index contributed by atoms with van der Waals surface area (Å²) < 4.78 is 11.2. The topological polar surface area (TPSA) is 50.7 Å². The van der Waals surface area contributed by atoms with Gasteiger partial charge in [0.1, 0.15) is 0 Å². The van der Waals surface area contributed by atoms with Crippen LogP contribution in [0.1, 0.15) is 58.3 Å². The molecule has 4 nitrogen and oxygen atoms in total. The maximum atomic E-state index is 10.3. The highest BCUT2D eigenvalue weighted by Crippen LogP contribution is 2.38. The van der Waals surface area contributed by atoms with Crippen molar-refractivity contribution in [3.63, 3.8) is 0 Å². The molecule has 2 rings (SSSR count). The van der Waals surface area contributed by atoms with Crippen LogP contribution in [0.4, 0.5) is 0 Å². The fourth-order valence-electron chi connectivity index (χ4n) is 3.52. The van der Waals surface area contributed by atoms with Gasteiger partial charge in [-0.25, -0.2) is 0 Å². The van der Waals surface area contributed by atoms with Crippen LogP contribution in [0.5, 0.6) is 0 Å². The highest BCUT2D eigenvalue weighted by molar-refractivity contribution is 4.92. The average Bonchev–Trinajstić information content (AvgIpc) is 2.44. The highest BCUT2D eigenvalue weighted by atomic mass is 16.5. The van der Waals surface area contributed by atoms with Crippen LogP contribution in [0.3, 0.4) is 0 Å². The molecule has 1 aliphatic heterocycles. The molecular weight excluding hydrogens is 254 g/mol. The fraction of sp³-hybridized carbons (Fsp3) is 1.00. The predicted molar refractivity (Wildman–Crippen MR) is 79.9 cm³/mol. The fourth-order valence-corrected chi connectivity index (χ4v) is 3.52. The summed E-state index contributed by atoms with van der Waals surface area (Å²) in [5, 5.41) is 13.9. The molecule has 2 unspecified atom stereocenters. The van der Waals surface area contributed by atoms with E-state index in [4.69, 9.17) is 9.47 Å². The Labute approximate surface area is 123 Å². The van der Waals surface area contributed by atoms with E-state index < -0.39 is 5.60 Å². The monoisotopic (exact) mass is 285 g/mol. The Morgan fingerprint density at radius 1 is 1.35 bits per heavy atom. The van der Waals surface area contributed by atoms with Crippen molar-refractivity contribution in [1.82, 2.24) is 5.32 Å². The Kier molecular flexibility index (Phi) is 5.84. The normalized spacial score (nSPS) is 29.2. The van der Waals surface area contributed by atoms with Crippen LogP contribution >= 0.6 is 0 Å². The zero-order valence-corrected chi connectivity index (χ0v) is 13.1. The number of methoxy groups -OCH3 is 1. The SMILES string of the molecule is COCCC(C)(O)CNC1CCOC2(CCCCC2)C1. The average molecular weight is 285 g/mol. The van der Waals surface area contributed by atoms with Gasteiger partial charge in [-0.2, -0.15) is 0 Å². The summed E-state index contributed by atoms with van der Waals surface area (Å²) in [6, 6.07) is 0.482. The number of ether oxygens (including phenoxy) is 2. The van der Waals surface area contributed by atoms with Crippen molar-refractivity contribution in [2.24, 2.45) is 0 Å². The molecule has 0 radical (unpaired) electrons. The summed E-state index contributed by atoms with van der Waals surface area (Å²) in [6.07, 6.45) is 9.22. The van der Waals surface area contributed by atoms with Gasteiger partial charge in [0.05, 0.1) is 11.2 Å². The van der Waals surface area contributed by atoms with Crippen molar-refractivity contribution in [3.8, 4) is 0 Å². The quantitative estimate of drug-likeness (QED) is 0.786. The molecule has 0 aromatic carbocycles. The van der Waals surface area contributed by atoms with Gasteiger partial charge in [0.2, 0.25) is 0 Å². The minimum atomic E-state index is -0.686. The van der Waals surface area contributed by atoms with E-state index in [0.717, 1.165) is 19.4 Å². The molecule has 1 aliphatic carbocycles. The minimum absolute atomic E-state index is 0.132. The van der Waals surface area contributed by atoms with E-state index in [1.807, 2.05) is 6.92 Å². The molecule has 4 heteroatoms. The van der Waals surface area contributed by atoms with E-state index in [2.05, 4.69) is 5.32 Å². The Balaban J connectivity index is 1.78. The smallest absolute Gasteiger partial charge is 0.0765 e. The van der Waals surface area contributed by atoms with Gasteiger partial charge in [0, 0.05) is 39.3 Å². The highest BCUT2D eigenvalue weighted by Gasteiger charge is 2.38. The van der Waals surface area contributed by atoms with Gasteiger partial charge in [0.25, 0.3) is 0 Å². The lowest BCUT2D eigenvalue weighted by Gasteiger charge is -2.44. The molecule has 0 amide bonds. The van der Waals surface area contributed by atoms with Crippen LogP contribution in [-0.4, -0.2) is 49.2 Å². The van der Waals surface area contributed by atoms with Crippen LogP contribution in [0.15, 0.2) is 0 Å². The molecule has 0 aromatic rings. The number of aliphatic hydroxyl groups is 1. The molecule has 1 heterocycles. The van der Waals surface area contributed by atoms with Crippen LogP contribution in [0, 0.1) is 0 Å². The Morgan fingerprint density at radius 3 is 2.80 bits per heavy atom.